The molecular formula is C39H58N6O10. The molecule has 1 aromatic carbocycles. The van der Waals surface area contributed by atoms with Crippen molar-refractivity contribution in [1.82, 2.24) is 31.1 Å². The second-order valence-corrected chi connectivity index (χ2v) is 17.3. The van der Waals surface area contributed by atoms with Crippen molar-refractivity contribution in [1.29, 1.82) is 0 Å². The van der Waals surface area contributed by atoms with E-state index >= 15 is 0 Å². The molecule has 4 rings (SSSR count). The molecule has 304 valence electrons. The normalized spacial score (nSPS) is 22.2. The molecule has 0 radical (unpaired) electrons. The van der Waals surface area contributed by atoms with E-state index in [1.54, 1.807) is 99.8 Å². The van der Waals surface area contributed by atoms with Gasteiger partial charge in [-0.15, -0.1) is 0 Å². The number of hydrogen-bond acceptors (Lipinski definition) is 10. The van der Waals surface area contributed by atoms with Gasteiger partial charge in [0.2, 0.25) is 29.4 Å². The highest BCUT2D eigenvalue weighted by molar-refractivity contribution is 6.38. The maximum Gasteiger partial charge on any atom is 0.408 e. The Morgan fingerprint density at radius 2 is 1.56 bits per heavy atom. The van der Waals surface area contributed by atoms with Crippen LogP contribution in [-0.2, 0) is 43.0 Å². The Morgan fingerprint density at radius 1 is 0.927 bits per heavy atom. The summed E-state index contributed by atoms with van der Waals surface area (Å²) in [5.41, 5.74) is -1.11. The number of fused-ring (bicyclic) bond motifs is 1. The summed E-state index contributed by atoms with van der Waals surface area (Å²) in [6, 6.07) is 3.90. The van der Waals surface area contributed by atoms with Crippen LogP contribution in [0.2, 0.25) is 0 Å². The predicted octanol–water partition coefficient (Wildman–Crippen LogP) is 1.96. The molecule has 1 unspecified atom stereocenters. The van der Waals surface area contributed by atoms with Gasteiger partial charge in [-0.1, -0.05) is 70.4 Å². The molecule has 0 aromatic heterocycles. The van der Waals surface area contributed by atoms with Crippen molar-refractivity contribution in [2.75, 3.05) is 27.2 Å². The standard InChI is InChI=1S/C39H58N6O10/c1-37(2,3)31(43-36(52)55-38(4,5)6)35(51)45-21-25-30(54-39(7,8)53-25)28(45)32(48)41-24(19-22-15-14-16-22)29(47)33(49)40-20-26(46)42-27(34(50)44(9)10)23-17-12-11-13-18-23/h11-13,17-18,22,24-25,27-28,30-31H,14-16,19-21H2,1-10H3,(H,40,49)(H,41,48)(H,42,46)(H,43,52)/t24-,25+,27?,28+,30+,31-/m1/s1. The molecule has 3 aliphatic rings. The smallest absolute Gasteiger partial charge is 0.408 e. The Hall–Kier alpha value is -4.57. The molecule has 16 heteroatoms. The number of carbonyl (C=O) groups is 7. The maximum absolute atomic E-state index is 14.3. The van der Waals surface area contributed by atoms with Gasteiger partial charge in [0.15, 0.2) is 5.79 Å². The van der Waals surface area contributed by atoms with Gasteiger partial charge in [0.25, 0.3) is 5.91 Å². The van der Waals surface area contributed by atoms with Crippen LogP contribution < -0.4 is 21.3 Å². The molecule has 6 amide bonds. The van der Waals surface area contributed by atoms with Crippen LogP contribution in [0.4, 0.5) is 4.79 Å². The molecule has 2 heterocycles. The number of ether oxygens (including phenoxy) is 3. The molecule has 6 atom stereocenters. The first-order valence-electron chi connectivity index (χ1n) is 18.8. The summed E-state index contributed by atoms with van der Waals surface area (Å²) in [6.07, 6.45) is 0.295. The fourth-order valence-corrected chi connectivity index (χ4v) is 6.87. The third-order valence-electron chi connectivity index (χ3n) is 9.76. The molecule has 0 spiro atoms. The average molecular weight is 771 g/mol. The van der Waals surface area contributed by atoms with E-state index in [2.05, 4.69) is 21.3 Å². The lowest BCUT2D eigenvalue weighted by Gasteiger charge is -2.37. The highest BCUT2D eigenvalue weighted by Crippen LogP contribution is 2.38. The molecule has 2 saturated heterocycles. The lowest BCUT2D eigenvalue weighted by molar-refractivity contribution is -0.171. The monoisotopic (exact) mass is 770 g/mol. The molecule has 0 bridgehead atoms. The number of carbonyl (C=O) groups excluding carboxylic acids is 7. The van der Waals surface area contributed by atoms with Gasteiger partial charge in [-0.05, 0) is 57.9 Å². The number of likely N-dealkylation sites (N-methyl/N-ethyl adjacent to an activating group) is 1. The van der Waals surface area contributed by atoms with Gasteiger partial charge >= 0.3 is 6.09 Å². The fraction of sp³-hybridized carbons (Fsp3) is 0.667. The lowest BCUT2D eigenvalue weighted by atomic mass is 9.80. The van der Waals surface area contributed by atoms with Crippen LogP contribution >= 0.6 is 0 Å². The van der Waals surface area contributed by atoms with E-state index in [0.29, 0.717) is 5.56 Å². The lowest BCUT2D eigenvalue weighted by Crippen LogP contribution is -2.61. The average Bonchev–Trinajstić information content (AvgIpc) is 3.55. The zero-order valence-corrected chi connectivity index (χ0v) is 33.6. The Kier molecular flexibility index (Phi) is 13.4. The van der Waals surface area contributed by atoms with E-state index in [0.717, 1.165) is 19.3 Å². The first-order chi connectivity index (χ1) is 25.5. The molecule has 16 nitrogen and oxygen atoms in total. The SMILES string of the molecule is CN(C)C(=O)C(NC(=O)CNC(=O)C(=O)[C@@H](CC1CCC1)NC(=O)[C@@H]1[C@H]2OC(C)(C)O[C@H]2CN1C(=O)[C@@H](NC(=O)OC(C)(C)C)C(C)(C)C)c1ccccc1. The van der Waals surface area contributed by atoms with E-state index in [9.17, 15) is 33.6 Å². The molecule has 1 aliphatic carbocycles. The van der Waals surface area contributed by atoms with Crippen molar-refractivity contribution in [2.24, 2.45) is 11.3 Å². The van der Waals surface area contributed by atoms with Crippen molar-refractivity contribution in [2.45, 2.75) is 129 Å². The zero-order valence-electron chi connectivity index (χ0n) is 33.6. The second kappa shape index (κ2) is 17.1. The molecular weight excluding hydrogens is 712 g/mol. The van der Waals surface area contributed by atoms with Crippen LogP contribution in [0.15, 0.2) is 30.3 Å². The quantitative estimate of drug-likeness (QED) is 0.215. The van der Waals surface area contributed by atoms with Crippen LogP contribution in [0, 0.1) is 11.3 Å². The molecule has 4 N–H and O–H groups in total. The highest BCUT2D eigenvalue weighted by atomic mass is 16.8. The van der Waals surface area contributed by atoms with Gasteiger partial charge < -0.3 is 45.3 Å². The number of nitrogens with zero attached hydrogens (tertiary/aromatic N) is 2. The summed E-state index contributed by atoms with van der Waals surface area (Å²) in [5, 5.41) is 10.4. The van der Waals surface area contributed by atoms with Gasteiger partial charge in [-0.2, -0.15) is 0 Å². The fourth-order valence-electron chi connectivity index (χ4n) is 6.87. The number of alkyl carbamates (subject to hydrolysis) is 1. The highest BCUT2D eigenvalue weighted by Gasteiger charge is 2.58. The van der Waals surface area contributed by atoms with E-state index in [1.807, 2.05) is 0 Å². The Balaban J connectivity index is 1.52. The number of hydrogen-bond donors (Lipinski definition) is 4. The summed E-state index contributed by atoms with van der Waals surface area (Å²) in [5.74, 6) is -5.47. The molecule has 1 aromatic rings. The van der Waals surface area contributed by atoms with Crippen molar-refractivity contribution in [3.05, 3.63) is 35.9 Å². The third kappa shape index (κ3) is 11.2. The van der Waals surface area contributed by atoms with E-state index in [1.165, 1.54) is 9.80 Å². The minimum atomic E-state index is -1.28. The Morgan fingerprint density at radius 3 is 2.11 bits per heavy atom. The number of Topliss-reactive ketones (excluding diaryl/α,β-unsaturated/α-hetero) is 1. The van der Waals surface area contributed by atoms with Crippen molar-refractivity contribution in [3.63, 3.8) is 0 Å². The number of rotatable bonds is 13. The van der Waals surface area contributed by atoms with Crippen LogP contribution in [0.3, 0.4) is 0 Å². The van der Waals surface area contributed by atoms with Crippen LogP contribution in [0.25, 0.3) is 0 Å². The number of amides is 6. The third-order valence-corrected chi connectivity index (χ3v) is 9.76. The molecule has 3 fully saturated rings. The van der Waals surface area contributed by atoms with Gasteiger partial charge in [-0.3, -0.25) is 28.8 Å². The Bertz CT molecular complexity index is 1610. The van der Waals surface area contributed by atoms with Crippen LogP contribution in [-0.4, -0.2) is 120 Å². The van der Waals surface area contributed by atoms with E-state index < -0.39 is 95.2 Å². The first-order valence-corrected chi connectivity index (χ1v) is 18.8. The van der Waals surface area contributed by atoms with E-state index in [4.69, 9.17) is 14.2 Å². The molecule has 55 heavy (non-hydrogen) atoms. The summed E-state index contributed by atoms with van der Waals surface area (Å²) in [7, 11) is 3.11. The zero-order chi connectivity index (χ0) is 41.0. The minimum absolute atomic E-state index is 0.0370. The summed E-state index contributed by atoms with van der Waals surface area (Å²) < 4.78 is 17.6. The summed E-state index contributed by atoms with van der Waals surface area (Å²) in [6.45, 7) is 13.1. The first kappa shape index (κ1) is 43.2. The van der Waals surface area contributed by atoms with Crippen LogP contribution in [0.1, 0.15) is 92.7 Å². The van der Waals surface area contributed by atoms with Gasteiger partial charge in [0.1, 0.15) is 35.9 Å². The number of ketones is 1. The number of likely N-dealkylation sites (tertiary alicyclic amines) is 1. The van der Waals surface area contributed by atoms with Crippen molar-refractivity contribution in [3.8, 4) is 0 Å². The predicted molar refractivity (Wildman–Crippen MR) is 200 cm³/mol. The second-order valence-electron chi connectivity index (χ2n) is 17.3. The van der Waals surface area contributed by atoms with Gasteiger partial charge in [0, 0.05) is 14.1 Å². The maximum atomic E-state index is 14.3. The minimum Gasteiger partial charge on any atom is -0.444 e. The topological polar surface area (TPSA) is 202 Å². The van der Waals surface area contributed by atoms with Crippen LogP contribution in [0.5, 0.6) is 0 Å². The molecule has 2 aliphatic heterocycles. The van der Waals surface area contributed by atoms with E-state index in [-0.39, 0.29) is 24.8 Å². The van der Waals surface area contributed by atoms with Crippen molar-refractivity contribution >= 4 is 41.4 Å². The number of benzene rings is 1. The van der Waals surface area contributed by atoms with Gasteiger partial charge in [0.05, 0.1) is 19.1 Å². The summed E-state index contributed by atoms with van der Waals surface area (Å²) >= 11 is 0. The Labute approximate surface area is 323 Å². The number of nitrogens with one attached hydrogen (secondary N) is 4. The van der Waals surface area contributed by atoms with Crippen molar-refractivity contribution < 1.29 is 47.8 Å². The summed E-state index contributed by atoms with van der Waals surface area (Å²) in [4.78, 5) is 97.0. The molecule has 1 saturated carbocycles. The van der Waals surface area contributed by atoms with Gasteiger partial charge in [-0.25, -0.2) is 4.79 Å². The largest absolute Gasteiger partial charge is 0.444 e.